The van der Waals surface area contributed by atoms with Crippen molar-refractivity contribution in [2.45, 2.75) is 25.7 Å². The molecule has 0 radical (unpaired) electrons. The fourth-order valence-corrected chi connectivity index (χ4v) is 1.86. The van der Waals surface area contributed by atoms with E-state index in [9.17, 15) is 0 Å². The molecule has 0 saturated carbocycles. The van der Waals surface area contributed by atoms with Crippen LogP contribution in [-0.4, -0.2) is 0 Å². The summed E-state index contributed by atoms with van der Waals surface area (Å²) >= 11 is 0. The van der Waals surface area contributed by atoms with Crippen molar-refractivity contribution in [3.05, 3.63) is 34.9 Å². The number of rotatable bonds is 0. The van der Waals surface area contributed by atoms with E-state index in [0.717, 1.165) is 12.8 Å². The summed E-state index contributed by atoms with van der Waals surface area (Å²) in [7, 11) is 0. The van der Waals surface area contributed by atoms with E-state index in [1.165, 1.54) is 16.7 Å². The summed E-state index contributed by atoms with van der Waals surface area (Å²) < 4.78 is 0. The van der Waals surface area contributed by atoms with E-state index in [4.69, 9.17) is 5.26 Å². The van der Waals surface area contributed by atoms with Crippen LogP contribution >= 0.6 is 0 Å². The molecule has 0 saturated heterocycles. The number of fused-ring (bicyclic) bond motifs is 1. The molecule has 0 spiro atoms. The summed E-state index contributed by atoms with van der Waals surface area (Å²) in [6, 6.07) is 8.77. The Morgan fingerprint density at radius 2 is 2.33 bits per heavy atom. The molecule has 0 aromatic heterocycles. The van der Waals surface area contributed by atoms with Gasteiger partial charge in [0.25, 0.3) is 0 Å². The summed E-state index contributed by atoms with van der Waals surface area (Å²) in [6.45, 7) is 2.08. The van der Waals surface area contributed by atoms with Crippen molar-refractivity contribution in [2.24, 2.45) is 0 Å². The molecule has 1 aromatic rings. The highest BCUT2D eigenvalue weighted by Gasteiger charge is 2.21. The smallest absolute Gasteiger partial charge is 0.0718 e. The maximum absolute atomic E-state index is 8.85. The lowest BCUT2D eigenvalue weighted by Gasteiger charge is -2.02. The van der Waals surface area contributed by atoms with E-state index in [0.29, 0.717) is 0 Å². The maximum Gasteiger partial charge on any atom is 0.0718 e. The Hall–Kier alpha value is -1.29. The molecule has 1 heteroatoms. The Labute approximate surface area is 72.6 Å². The van der Waals surface area contributed by atoms with Crippen LogP contribution in [-0.2, 0) is 6.42 Å². The lowest BCUT2D eigenvalue weighted by molar-refractivity contribution is 0.825. The monoisotopic (exact) mass is 157 g/mol. The SMILES string of the molecule is Cc1ccc2c(c1)C(C#N)CC2. The Bertz CT molecular complexity index is 347. The predicted molar refractivity (Wildman–Crippen MR) is 47.9 cm³/mol. The average molecular weight is 157 g/mol. The first kappa shape index (κ1) is 7.36. The van der Waals surface area contributed by atoms with Gasteiger partial charge in [-0.15, -0.1) is 0 Å². The van der Waals surface area contributed by atoms with E-state index in [2.05, 4.69) is 31.2 Å². The van der Waals surface area contributed by atoms with Gasteiger partial charge in [0.1, 0.15) is 0 Å². The van der Waals surface area contributed by atoms with Crippen molar-refractivity contribution in [3.8, 4) is 6.07 Å². The maximum atomic E-state index is 8.85. The largest absolute Gasteiger partial charge is 0.198 e. The molecule has 1 atom stereocenters. The van der Waals surface area contributed by atoms with Crippen molar-refractivity contribution in [1.82, 2.24) is 0 Å². The zero-order valence-corrected chi connectivity index (χ0v) is 7.17. The van der Waals surface area contributed by atoms with Gasteiger partial charge in [0, 0.05) is 0 Å². The van der Waals surface area contributed by atoms with Crippen LogP contribution in [0.4, 0.5) is 0 Å². The zero-order valence-electron chi connectivity index (χ0n) is 7.17. The molecule has 1 nitrogen and oxygen atoms in total. The van der Waals surface area contributed by atoms with Gasteiger partial charge in [-0.1, -0.05) is 23.8 Å². The fraction of sp³-hybridized carbons (Fsp3) is 0.364. The quantitative estimate of drug-likeness (QED) is 0.567. The first-order chi connectivity index (χ1) is 5.81. The van der Waals surface area contributed by atoms with Gasteiger partial charge in [-0.05, 0) is 30.9 Å². The van der Waals surface area contributed by atoms with Gasteiger partial charge in [-0.3, -0.25) is 0 Å². The lowest BCUT2D eigenvalue weighted by atomic mass is 10.0. The standard InChI is InChI=1S/C11H11N/c1-8-2-3-9-4-5-10(7-12)11(9)6-8/h2-3,6,10H,4-5H2,1H3. The van der Waals surface area contributed by atoms with Crippen LogP contribution in [0.25, 0.3) is 0 Å². The van der Waals surface area contributed by atoms with Crippen molar-refractivity contribution in [2.75, 3.05) is 0 Å². The molecule has 12 heavy (non-hydrogen) atoms. The van der Waals surface area contributed by atoms with Crippen LogP contribution in [0, 0.1) is 18.3 Å². The number of benzene rings is 1. The number of hydrogen-bond acceptors (Lipinski definition) is 1. The van der Waals surface area contributed by atoms with Crippen LogP contribution < -0.4 is 0 Å². The number of nitriles is 1. The van der Waals surface area contributed by atoms with Crippen molar-refractivity contribution >= 4 is 0 Å². The Morgan fingerprint density at radius 1 is 1.50 bits per heavy atom. The molecule has 60 valence electrons. The van der Waals surface area contributed by atoms with Crippen LogP contribution in [0.1, 0.15) is 29.0 Å². The third kappa shape index (κ3) is 1.00. The van der Waals surface area contributed by atoms with Crippen molar-refractivity contribution in [1.29, 1.82) is 5.26 Å². The molecule has 0 fully saturated rings. The van der Waals surface area contributed by atoms with E-state index in [1.54, 1.807) is 0 Å². The molecule has 0 amide bonds. The molecule has 1 unspecified atom stereocenters. The molecule has 0 N–H and O–H groups in total. The van der Waals surface area contributed by atoms with Crippen molar-refractivity contribution < 1.29 is 0 Å². The van der Waals surface area contributed by atoms with E-state index in [-0.39, 0.29) is 5.92 Å². The fourth-order valence-electron chi connectivity index (χ4n) is 1.86. The molecule has 0 bridgehead atoms. The van der Waals surface area contributed by atoms with Crippen LogP contribution in [0.3, 0.4) is 0 Å². The molecule has 0 aliphatic heterocycles. The van der Waals surface area contributed by atoms with E-state index >= 15 is 0 Å². The Balaban J connectivity index is 2.51. The van der Waals surface area contributed by atoms with Crippen molar-refractivity contribution in [3.63, 3.8) is 0 Å². The van der Waals surface area contributed by atoms with Gasteiger partial charge >= 0.3 is 0 Å². The minimum absolute atomic E-state index is 0.153. The van der Waals surface area contributed by atoms with Gasteiger partial charge in [0.15, 0.2) is 0 Å². The molecule has 1 aromatic carbocycles. The molecule has 1 aliphatic rings. The molecule has 1 aliphatic carbocycles. The second-order valence-corrected chi connectivity index (χ2v) is 3.42. The van der Waals surface area contributed by atoms with Crippen LogP contribution in [0.15, 0.2) is 18.2 Å². The minimum atomic E-state index is 0.153. The predicted octanol–water partition coefficient (Wildman–Crippen LogP) is 2.55. The third-order valence-corrected chi connectivity index (χ3v) is 2.53. The second-order valence-electron chi connectivity index (χ2n) is 3.42. The molecule has 2 rings (SSSR count). The van der Waals surface area contributed by atoms with Gasteiger partial charge in [0.2, 0.25) is 0 Å². The Morgan fingerprint density at radius 3 is 3.08 bits per heavy atom. The molecular weight excluding hydrogens is 146 g/mol. The van der Waals surface area contributed by atoms with Gasteiger partial charge in [-0.25, -0.2) is 0 Å². The number of nitrogens with zero attached hydrogens (tertiary/aromatic N) is 1. The number of hydrogen-bond donors (Lipinski definition) is 0. The summed E-state index contributed by atoms with van der Waals surface area (Å²) in [5, 5.41) is 8.85. The van der Waals surface area contributed by atoms with E-state index < -0.39 is 0 Å². The zero-order chi connectivity index (χ0) is 8.55. The topological polar surface area (TPSA) is 23.8 Å². The van der Waals surface area contributed by atoms with E-state index in [1.807, 2.05) is 0 Å². The number of aryl methyl sites for hydroxylation is 2. The highest BCUT2D eigenvalue weighted by molar-refractivity contribution is 5.40. The third-order valence-electron chi connectivity index (χ3n) is 2.53. The highest BCUT2D eigenvalue weighted by atomic mass is 14.3. The highest BCUT2D eigenvalue weighted by Crippen LogP contribution is 2.32. The van der Waals surface area contributed by atoms with Gasteiger partial charge in [-0.2, -0.15) is 5.26 Å². The molecule has 0 heterocycles. The van der Waals surface area contributed by atoms with Gasteiger partial charge < -0.3 is 0 Å². The molecular formula is C11H11N. The summed E-state index contributed by atoms with van der Waals surface area (Å²) in [5.74, 6) is 0.153. The summed E-state index contributed by atoms with van der Waals surface area (Å²) in [4.78, 5) is 0. The average Bonchev–Trinajstić information content (AvgIpc) is 2.46. The van der Waals surface area contributed by atoms with Crippen LogP contribution in [0.5, 0.6) is 0 Å². The van der Waals surface area contributed by atoms with Gasteiger partial charge in [0.05, 0.1) is 12.0 Å². The second kappa shape index (κ2) is 2.64. The lowest BCUT2D eigenvalue weighted by Crippen LogP contribution is -1.88. The Kier molecular flexibility index (Phi) is 1.62. The normalized spacial score (nSPS) is 20.2. The summed E-state index contributed by atoms with van der Waals surface area (Å²) in [6.07, 6.45) is 2.09. The first-order valence-electron chi connectivity index (χ1n) is 4.30. The minimum Gasteiger partial charge on any atom is -0.198 e. The summed E-state index contributed by atoms with van der Waals surface area (Å²) in [5.41, 5.74) is 3.89. The van der Waals surface area contributed by atoms with Crippen LogP contribution in [0.2, 0.25) is 0 Å². The first-order valence-corrected chi connectivity index (χ1v) is 4.30.